The fourth-order valence-corrected chi connectivity index (χ4v) is 2.10. The van der Waals surface area contributed by atoms with E-state index in [9.17, 15) is 0 Å². The molecule has 1 aromatic heterocycles. The maximum atomic E-state index is 5.59. The SMILES string of the molecule is CC(C)C1(CNCc2ccc(N)cn2)CC1. The molecule has 0 saturated heterocycles. The molecule has 0 unspecified atom stereocenters. The second kappa shape index (κ2) is 4.42. The van der Waals surface area contributed by atoms with Crippen LogP contribution >= 0.6 is 0 Å². The summed E-state index contributed by atoms with van der Waals surface area (Å²) >= 11 is 0. The van der Waals surface area contributed by atoms with Crippen LogP contribution in [0.1, 0.15) is 32.4 Å². The summed E-state index contributed by atoms with van der Waals surface area (Å²) in [5, 5.41) is 3.50. The molecule has 0 aliphatic heterocycles. The summed E-state index contributed by atoms with van der Waals surface area (Å²) < 4.78 is 0. The minimum Gasteiger partial charge on any atom is -0.397 e. The number of nitrogen functional groups attached to an aromatic ring is 1. The minimum absolute atomic E-state index is 0.563. The van der Waals surface area contributed by atoms with Gasteiger partial charge < -0.3 is 11.1 Å². The molecule has 1 aromatic rings. The molecule has 1 heterocycles. The molecule has 1 saturated carbocycles. The summed E-state index contributed by atoms with van der Waals surface area (Å²) in [7, 11) is 0. The first-order chi connectivity index (χ1) is 7.62. The van der Waals surface area contributed by atoms with Gasteiger partial charge in [-0.05, 0) is 36.3 Å². The third-order valence-electron chi connectivity index (χ3n) is 3.75. The summed E-state index contributed by atoms with van der Waals surface area (Å²) in [6.07, 6.45) is 4.45. The van der Waals surface area contributed by atoms with Crippen molar-refractivity contribution in [2.24, 2.45) is 11.3 Å². The number of anilines is 1. The van der Waals surface area contributed by atoms with Crippen molar-refractivity contribution in [2.75, 3.05) is 12.3 Å². The molecular formula is C13H21N3. The second-order valence-corrected chi connectivity index (χ2v) is 5.20. The normalized spacial score (nSPS) is 17.7. The first kappa shape index (κ1) is 11.4. The molecule has 1 fully saturated rings. The number of hydrogen-bond acceptors (Lipinski definition) is 3. The van der Waals surface area contributed by atoms with Crippen LogP contribution in [0.2, 0.25) is 0 Å². The molecule has 0 aromatic carbocycles. The predicted molar refractivity (Wildman–Crippen MR) is 66.9 cm³/mol. The van der Waals surface area contributed by atoms with Crippen LogP contribution in [0.3, 0.4) is 0 Å². The third-order valence-corrected chi connectivity index (χ3v) is 3.75. The molecule has 3 nitrogen and oxygen atoms in total. The van der Waals surface area contributed by atoms with E-state index in [0.29, 0.717) is 5.41 Å². The lowest BCUT2D eigenvalue weighted by molar-refractivity contribution is 0.337. The van der Waals surface area contributed by atoms with Crippen LogP contribution in [0.25, 0.3) is 0 Å². The van der Waals surface area contributed by atoms with E-state index in [-0.39, 0.29) is 0 Å². The molecule has 0 spiro atoms. The van der Waals surface area contributed by atoms with Crippen LogP contribution < -0.4 is 11.1 Å². The fraction of sp³-hybridized carbons (Fsp3) is 0.615. The van der Waals surface area contributed by atoms with Gasteiger partial charge in [0.2, 0.25) is 0 Å². The van der Waals surface area contributed by atoms with Crippen molar-refractivity contribution in [2.45, 2.75) is 33.2 Å². The number of pyridine rings is 1. The Balaban J connectivity index is 1.78. The molecule has 0 atom stereocenters. The van der Waals surface area contributed by atoms with Gasteiger partial charge in [0.25, 0.3) is 0 Å². The maximum Gasteiger partial charge on any atom is 0.0543 e. The molecule has 0 amide bonds. The summed E-state index contributed by atoms with van der Waals surface area (Å²) in [6, 6.07) is 3.89. The Kier molecular flexibility index (Phi) is 3.15. The Morgan fingerprint density at radius 3 is 2.69 bits per heavy atom. The van der Waals surface area contributed by atoms with Gasteiger partial charge >= 0.3 is 0 Å². The van der Waals surface area contributed by atoms with E-state index in [0.717, 1.165) is 30.4 Å². The third kappa shape index (κ3) is 2.53. The Bertz CT molecular complexity index is 339. The Morgan fingerprint density at radius 2 is 2.19 bits per heavy atom. The van der Waals surface area contributed by atoms with Crippen LogP contribution in [-0.4, -0.2) is 11.5 Å². The van der Waals surface area contributed by atoms with Crippen molar-refractivity contribution < 1.29 is 0 Å². The van der Waals surface area contributed by atoms with Crippen molar-refractivity contribution in [1.82, 2.24) is 10.3 Å². The highest BCUT2D eigenvalue weighted by atomic mass is 14.9. The Labute approximate surface area is 97.5 Å². The summed E-state index contributed by atoms with van der Waals surface area (Å²) in [5.41, 5.74) is 7.94. The van der Waals surface area contributed by atoms with Crippen molar-refractivity contribution in [3.63, 3.8) is 0 Å². The highest BCUT2D eigenvalue weighted by Crippen LogP contribution is 2.51. The Hall–Kier alpha value is -1.09. The quantitative estimate of drug-likeness (QED) is 0.798. The van der Waals surface area contributed by atoms with E-state index in [4.69, 9.17) is 5.73 Å². The van der Waals surface area contributed by atoms with Gasteiger partial charge in [0.15, 0.2) is 0 Å². The van der Waals surface area contributed by atoms with Gasteiger partial charge in [0.05, 0.1) is 17.6 Å². The van der Waals surface area contributed by atoms with Crippen molar-refractivity contribution in [3.05, 3.63) is 24.0 Å². The van der Waals surface area contributed by atoms with Crippen LogP contribution in [0.4, 0.5) is 5.69 Å². The van der Waals surface area contributed by atoms with Crippen LogP contribution in [0, 0.1) is 11.3 Å². The zero-order chi connectivity index (χ0) is 11.6. The van der Waals surface area contributed by atoms with Gasteiger partial charge in [-0.3, -0.25) is 4.98 Å². The van der Waals surface area contributed by atoms with E-state index in [1.54, 1.807) is 6.20 Å². The van der Waals surface area contributed by atoms with Crippen molar-refractivity contribution in [1.29, 1.82) is 0 Å². The second-order valence-electron chi connectivity index (χ2n) is 5.20. The zero-order valence-corrected chi connectivity index (χ0v) is 10.2. The summed E-state index contributed by atoms with van der Waals surface area (Å²) in [5.74, 6) is 0.777. The van der Waals surface area contributed by atoms with E-state index in [1.165, 1.54) is 12.8 Å². The smallest absolute Gasteiger partial charge is 0.0543 e. The number of nitrogens with two attached hydrogens (primary N) is 1. The molecule has 0 radical (unpaired) electrons. The van der Waals surface area contributed by atoms with Crippen LogP contribution in [0.5, 0.6) is 0 Å². The number of aromatic nitrogens is 1. The highest BCUT2D eigenvalue weighted by molar-refractivity contribution is 5.34. The van der Waals surface area contributed by atoms with Gasteiger partial charge in [-0.1, -0.05) is 13.8 Å². The number of hydrogen-bond donors (Lipinski definition) is 2. The van der Waals surface area contributed by atoms with Gasteiger partial charge in [0.1, 0.15) is 0 Å². The van der Waals surface area contributed by atoms with Crippen molar-refractivity contribution >= 4 is 5.69 Å². The van der Waals surface area contributed by atoms with E-state index < -0.39 is 0 Å². The summed E-state index contributed by atoms with van der Waals surface area (Å²) in [6.45, 7) is 6.58. The lowest BCUT2D eigenvalue weighted by atomic mass is 9.92. The topological polar surface area (TPSA) is 50.9 Å². The lowest BCUT2D eigenvalue weighted by Crippen LogP contribution is -2.27. The standard InChI is InChI=1S/C13H21N3/c1-10(2)13(5-6-13)9-15-8-12-4-3-11(14)7-16-12/h3-4,7,10,15H,5-6,8-9,14H2,1-2H3. The molecule has 3 N–H and O–H groups in total. The zero-order valence-electron chi connectivity index (χ0n) is 10.2. The Morgan fingerprint density at radius 1 is 1.44 bits per heavy atom. The average molecular weight is 219 g/mol. The maximum absolute atomic E-state index is 5.59. The number of rotatable bonds is 5. The fourth-order valence-electron chi connectivity index (χ4n) is 2.10. The molecule has 16 heavy (non-hydrogen) atoms. The van der Waals surface area contributed by atoms with E-state index >= 15 is 0 Å². The number of nitrogens with zero attached hydrogens (tertiary/aromatic N) is 1. The first-order valence-electron chi connectivity index (χ1n) is 6.03. The molecule has 2 rings (SSSR count). The van der Waals surface area contributed by atoms with Gasteiger partial charge in [0, 0.05) is 13.1 Å². The molecule has 0 bridgehead atoms. The van der Waals surface area contributed by atoms with E-state index in [1.807, 2.05) is 12.1 Å². The molecule has 1 aliphatic rings. The van der Waals surface area contributed by atoms with Gasteiger partial charge in [-0.25, -0.2) is 0 Å². The highest BCUT2D eigenvalue weighted by Gasteiger charge is 2.44. The van der Waals surface area contributed by atoms with Crippen LogP contribution in [-0.2, 0) is 6.54 Å². The minimum atomic E-state index is 0.563. The average Bonchev–Trinajstić information content (AvgIpc) is 3.02. The molecular weight excluding hydrogens is 198 g/mol. The molecule has 1 aliphatic carbocycles. The van der Waals surface area contributed by atoms with Crippen molar-refractivity contribution in [3.8, 4) is 0 Å². The summed E-state index contributed by atoms with van der Waals surface area (Å²) in [4.78, 5) is 4.28. The largest absolute Gasteiger partial charge is 0.397 e. The molecule has 3 heteroatoms. The first-order valence-corrected chi connectivity index (χ1v) is 6.03. The van der Waals surface area contributed by atoms with E-state index in [2.05, 4.69) is 24.1 Å². The molecule has 88 valence electrons. The van der Waals surface area contributed by atoms with Gasteiger partial charge in [-0.15, -0.1) is 0 Å². The monoisotopic (exact) mass is 219 g/mol. The lowest BCUT2D eigenvalue weighted by Gasteiger charge is -2.19. The van der Waals surface area contributed by atoms with Gasteiger partial charge in [-0.2, -0.15) is 0 Å². The predicted octanol–water partition coefficient (Wildman–Crippen LogP) is 2.19. The number of nitrogens with one attached hydrogen (secondary N) is 1. The van der Waals surface area contributed by atoms with Crippen LogP contribution in [0.15, 0.2) is 18.3 Å².